The van der Waals surface area contributed by atoms with Crippen LogP contribution in [0.5, 0.6) is 0 Å². The fourth-order valence-corrected chi connectivity index (χ4v) is 9.28. The molecule has 2 atom stereocenters. The number of ether oxygens (including phenoxy) is 1. The summed E-state index contributed by atoms with van der Waals surface area (Å²) < 4.78 is 5.48. The highest BCUT2D eigenvalue weighted by Crippen LogP contribution is 2.18. The van der Waals surface area contributed by atoms with Crippen LogP contribution in [0.15, 0.2) is 12.2 Å². The standard InChI is InChI=1S/C59H115NO5/c1-3-5-7-9-11-13-15-28-33-37-41-45-49-53-59(64)65-54-50-46-42-38-34-30-27-25-23-21-19-17-16-18-20-22-24-26-29-32-36-40-44-48-52-58(63)60-56(55-61)57(62)51-47-43-39-35-31-14-12-10-8-6-4-2/h47,51,56-57,61-62H,3-46,48-50,52-55H2,1-2H3,(H,60,63)/b51-47+. The number of amides is 1. The maximum absolute atomic E-state index is 12.4. The number of carbonyl (C=O) groups is 2. The van der Waals surface area contributed by atoms with Crippen LogP contribution < -0.4 is 5.32 Å². The molecular formula is C59H115NO5. The first-order valence-corrected chi connectivity index (χ1v) is 29.5. The maximum atomic E-state index is 12.4. The molecule has 0 aromatic heterocycles. The molecule has 0 aromatic rings. The fraction of sp³-hybridized carbons (Fsp3) is 0.932. The van der Waals surface area contributed by atoms with E-state index in [2.05, 4.69) is 19.2 Å². The minimum Gasteiger partial charge on any atom is -0.466 e. The molecular weight excluding hydrogens is 803 g/mol. The van der Waals surface area contributed by atoms with Gasteiger partial charge in [0.25, 0.3) is 0 Å². The van der Waals surface area contributed by atoms with Crippen molar-refractivity contribution in [3.8, 4) is 0 Å². The summed E-state index contributed by atoms with van der Waals surface area (Å²) in [6, 6.07) is -0.624. The van der Waals surface area contributed by atoms with Gasteiger partial charge in [0.1, 0.15) is 0 Å². The van der Waals surface area contributed by atoms with Crippen LogP contribution in [-0.4, -0.2) is 47.4 Å². The first kappa shape index (κ1) is 63.6. The van der Waals surface area contributed by atoms with Gasteiger partial charge >= 0.3 is 5.97 Å². The minimum atomic E-state index is -0.841. The molecule has 0 radical (unpaired) electrons. The van der Waals surface area contributed by atoms with Crippen LogP contribution in [-0.2, 0) is 14.3 Å². The Bertz CT molecular complexity index is 970. The molecule has 0 aliphatic heterocycles. The van der Waals surface area contributed by atoms with E-state index in [1.165, 1.54) is 263 Å². The zero-order valence-electron chi connectivity index (χ0n) is 44.0. The van der Waals surface area contributed by atoms with Crippen LogP contribution in [0.1, 0.15) is 328 Å². The number of esters is 1. The van der Waals surface area contributed by atoms with E-state index in [9.17, 15) is 19.8 Å². The number of aliphatic hydroxyl groups is 2. The van der Waals surface area contributed by atoms with E-state index in [1.54, 1.807) is 6.08 Å². The van der Waals surface area contributed by atoms with Crippen molar-refractivity contribution in [2.45, 2.75) is 341 Å². The van der Waals surface area contributed by atoms with Gasteiger partial charge in [0.15, 0.2) is 0 Å². The lowest BCUT2D eigenvalue weighted by Gasteiger charge is -2.20. The molecule has 0 rings (SSSR count). The molecule has 0 heterocycles. The molecule has 386 valence electrons. The molecule has 0 saturated carbocycles. The topological polar surface area (TPSA) is 95.9 Å². The SMILES string of the molecule is CCCCCCCCCCC/C=C/C(O)C(CO)NC(=O)CCCCCCCCCCCCCCCCCCCCCCCCCCOC(=O)CCCCCCCCCCCCCCC. The van der Waals surface area contributed by atoms with E-state index >= 15 is 0 Å². The smallest absolute Gasteiger partial charge is 0.305 e. The molecule has 0 aliphatic carbocycles. The summed E-state index contributed by atoms with van der Waals surface area (Å²) in [6.45, 7) is 4.91. The van der Waals surface area contributed by atoms with Gasteiger partial charge in [-0.05, 0) is 32.1 Å². The Balaban J connectivity index is 3.35. The van der Waals surface area contributed by atoms with Gasteiger partial charge in [-0.1, -0.05) is 296 Å². The van der Waals surface area contributed by atoms with Crippen molar-refractivity contribution in [1.82, 2.24) is 5.32 Å². The zero-order chi connectivity index (χ0) is 47.2. The third-order valence-electron chi connectivity index (χ3n) is 13.8. The number of allylic oxidation sites excluding steroid dienone is 1. The molecule has 0 saturated heterocycles. The van der Waals surface area contributed by atoms with Crippen molar-refractivity contribution in [3.63, 3.8) is 0 Å². The predicted octanol–water partition coefficient (Wildman–Crippen LogP) is 18.1. The van der Waals surface area contributed by atoms with E-state index in [4.69, 9.17) is 4.74 Å². The van der Waals surface area contributed by atoms with E-state index < -0.39 is 12.1 Å². The minimum absolute atomic E-state index is 0.0168. The molecule has 2 unspecified atom stereocenters. The van der Waals surface area contributed by atoms with Gasteiger partial charge in [0.05, 0.1) is 25.4 Å². The average molecular weight is 919 g/mol. The predicted molar refractivity (Wildman–Crippen MR) is 283 cm³/mol. The van der Waals surface area contributed by atoms with Crippen LogP contribution in [0.25, 0.3) is 0 Å². The Hall–Kier alpha value is -1.40. The first-order valence-electron chi connectivity index (χ1n) is 29.5. The number of hydrogen-bond donors (Lipinski definition) is 3. The summed E-state index contributed by atoms with van der Waals surface area (Å²) in [7, 11) is 0. The molecule has 6 nitrogen and oxygen atoms in total. The van der Waals surface area contributed by atoms with Crippen LogP contribution in [0.4, 0.5) is 0 Å². The lowest BCUT2D eigenvalue weighted by molar-refractivity contribution is -0.143. The summed E-state index contributed by atoms with van der Waals surface area (Å²) in [5.41, 5.74) is 0. The quantitative estimate of drug-likeness (QED) is 0.0321. The summed E-state index contributed by atoms with van der Waals surface area (Å²) in [6.07, 6.45) is 65.3. The normalized spacial score (nSPS) is 12.6. The molecule has 3 N–H and O–H groups in total. The Morgan fingerprint density at radius 2 is 0.708 bits per heavy atom. The molecule has 6 heteroatoms. The van der Waals surface area contributed by atoms with Crippen molar-refractivity contribution < 1.29 is 24.5 Å². The number of aliphatic hydroxyl groups excluding tert-OH is 2. The van der Waals surface area contributed by atoms with Gasteiger partial charge in [-0.15, -0.1) is 0 Å². The third-order valence-corrected chi connectivity index (χ3v) is 13.8. The fourth-order valence-electron chi connectivity index (χ4n) is 9.28. The van der Waals surface area contributed by atoms with Crippen LogP contribution in [0, 0.1) is 0 Å². The van der Waals surface area contributed by atoms with Crippen LogP contribution in [0.2, 0.25) is 0 Å². The summed E-state index contributed by atoms with van der Waals surface area (Å²) in [5, 5.41) is 23.0. The summed E-state index contributed by atoms with van der Waals surface area (Å²) in [5.74, 6) is -0.0501. The molecule has 0 aliphatic rings. The molecule has 65 heavy (non-hydrogen) atoms. The average Bonchev–Trinajstić information content (AvgIpc) is 3.31. The van der Waals surface area contributed by atoms with Gasteiger partial charge in [-0.3, -0.25) is 9.59 Å². The van der Waals surface area contributed by atoms with Gasteiger partial charge < -0.3 is 20.3 Å². The zero-order valence-corrected chi connectivity index (χ0v) is 44.0. The lowest BCUT2D eigenvalue weighted by atomic mass is 10.0. The van der Waals surface area contributed by atoms with Gasteiger partial charge in [-0.2, -0.15) is 0 Å². The van der Waals surface area contributed by atoms with Crippen molar-refractivity contribution in [1.29, 1.82) is 0 Å². The lowest BCUT2D eigenvalue weighted by Crippen LogP contribution is -2.45. The highest BCUT2D eigenvalue weighted by atomic mass is 16.5. The molecule has 0 bridgehead atoms. The van der Waals surface area contributed by atoms with E-state index in [0.29, 0.717) is 19.4 Å². The highest BCUT2D eigenvalue weighted by Gasteiger charge is 2.18. The van der Waals surface area contributed by atoms with Crippen LogP contribution >= 0.6 is 0 Å². The van der Waals surface area contributed by atoms with E-state index in [-0.39, 0.29) is 18.5 Å². The number of carbonyl (C=O) groups excluding carboxylic acids is 2. The Morgan fingerprint density at radius 1 is 0.415 bits per heavy atom. The van der Waals surface area contributed by atoms with Gasteiger partial charge in [0.2, 0.25) is 5.91 Å². The number of rotatable bonds is 55. The second-order valence-corrected chi connectivity index (χ2v) is 20.3. The Labute approximate surface area is 406 Å². The number of unbranched alkanes of at least 4 members (excludes halogenated alkanes) is 44. The van der Waals surface area contributed by atoms with Crippen molar-refractivity contribution in [2.75, 3.05) is 13.2 Å². The second kappa shape index (κ2) is 55.2. The van der Waals surface area contributed by atoms with Crippen LogP contribution in [0.3, 0.4) is 0 Å². The molecule has 0 fully saturated rings. The second-order valence-electron chi connectivity index (χ2n) is 20.3. The largest absolute Gasteiger partial charge is 0.466 e. The van der Waals surface area contributed by atoms with Crippen molar-refractivity contribution in [3.05, 3.63) is 12.2 Å². The molecule has 0 aromatic carbocycles. The maximum Gasteiger partial charge on any atom is 0.305 e. The summed E-state index contributed by atoms with van der Waals surface area (Å²) in [4.78, 5) is 24.4. The van der Waals surface area contributed by atoms with Crippen molar-refractivity contribution in [2.24, 2.45) is 0 Å². The van der Waals surface area contributed by atoms with Gasteiger partial charge in [0, 0.05) is 12.8 Å². The van der Waals surface area contributed by atoms with Gasteiger partial charge in [-0.25, -0.2) is 0 Å². The highest BCUT2D eigenvalue weighted by molar-refractivity contribution is 5.76. The monoisotopic (exact) mass is 918 g/mol. The summed E-state index contributed by atoms with van der Waals surface area (Å²) >= 11 is 0. The Kier molecular flexibility index (Phi) is 54.0. The molecule has 0 spiro atoms. The molecule has 1 amide bonds. The number of hydrogen-bond acceptors (Lipinski definition) is 5. The number of nitrogens with one attached hydrogen (secondary N) is 1. The van der Waals surface area contributed by atoms with E-state index in [1.807, 2.05) is 6.08 Å². The Morgan fingerprint density at radius 3 is 1.05 bits per heavy atom. The van der Waals surface area contributed by atoms with Crippen molar-refractivity contribution >= 4 is 11.9 Å². The third kappa shape index (κ3) is 51.8. The van der Waals surface area contributed by atoms with E-state index in [0.717, 1.165) is 38.5 Å². The first-order chi connectivity index (χ1) is 32.0.